The van der Waals surface area contributed by atoms with Gasteiger partial charge in [0.2, 0.25) is 15.9 Å². The van der Waals surface area contributed by atoms with Crippen LogP contribution >= 0.6 is 11.6 Å². The van der Waals surface area contributed by atoms with Gasteiger partial charge in [-0.1, -0.05) is 17.7 Å². The molecule has 0 aliphatic carbocycles. The number of anilines is 2. The molecule has 0 saturated carbocycles. The number of amides is 1. The van der Waals surface area contributed by atoms with Crippen molar-refractivity contribution in [1.82, 2.24) is 4.31 Å². The number of piperazine rings is 1. The van der Waals surface area contributed by atoms with Gasteiger partial charge in [0.05, 0.1) is 4.90 Å². The highest BCUT2D eigenvalue weighted by Gasteiger charge is 2.29. The molecule has 1 amide bonds. The fraction of sp³-hybridized carbons (Fsp3) is 0.350. The van der Waals surface area contributed by atoms with Gasteiger partial charge in [0.15, 0.2) is 0 Å². The van der Waals surface area contributed by atoms with Crippen LogP contribution in [0.4, 0.5) is 11.4 Å². The van der Waals surface area contributed by atoms with Gasteiger partial charge in [0.1, 0.15) is 0 Å². The highest BCUT2D eigenvalue weighted by atomic mass is 35.5. The number of hydrogen-bond acceptors (Lipinski definition) is 4. The summed E-state index contributed by atoms with van der Waals surface area (Å²) in [6.07, 6.45) is 1.88. The first-order valence-electron chi connectivity index (χ1n) is 9.37. The van der Waals surface area contributed by atoms with E-state index in [0.717, 1.165) is 17.7 Å². The quantitative estimate of drug-likeness (QED) is 0.829. The molecule has 0 radical (unpaired) electrons. The molecule has 2 heterocycles. The maximum atomic E-state index is 13.1. The van der Waals surface area contributed by atoms with Crippen LogP contribution < -0.4 is 10.2 Å². The lowest BCUT2D eigenvalue weighted by atomic mass is 10.1. The molecule has 8 heteroatoms. The zero-order valence-electron chi connectivity index (χ0n) is 15.4. The molecule has 0 aromatic heterocycles. The van der Waals surface area contributed by atoms with Gasteiger partial charge in [0, 0.05) is 49.0 Å². The Morgan fingerprint density at radius 2 is 1.75 bits per heavy atom. The van der Waals surface area contributed by atoms with Crippen molar-refractivity contribution in [1.29, 1.82) is 0 Å². The number of aryl methyl sites for hydroxylation is 1. The van der Waals surface area contributed by atoms with Gasteiger partial charge in [-0.2, -0.15) is 4.31 Å². The zero-order chi connectivity index (χ0) is 19.7. The highest BCUT2D eigenvalue weighted by Crippen LogP contribution is 2.28. The lowest BCUT2D eigenvalue weighted by Gasteiger charge is -2.35. The van der Waals surface area contributed by atoms with Gasteiger partial charge in [-0.25, -0.2) is 8.42 Å². The first-order chi connectivity index (χ1) is 13.4. The Morgan fingerprint density at radius 1 is 0.964 bits per heavy atom. The van der Waals surface area contributed by atoms with E-state index in [1.807, 2.05) is 24.3 Å². The normalized spacial score (nSPS) is 18.3. The third-order valence-electron chi connectivity index (χ3n) is 5.25. The van der Waals surface area contributed by atoms with E-state index in [-0.39, 0.29) is 5.91 Å². The Labute approximate surface area is 170 Å². The van der Waals surface area contributed by atoms with Crippen molar-refractivity contribution in [3.05, 3.63) is 53.1 Å². The average Bonchev–Trinajstić information content (AvgIpc) is 2.88. The first-order valence-corrected chi connectivity index (χ1v) is 11.2. The molecule has 0 unspecified atom stereocenters. The van der Waals surface area contributed by atoms with Crippen LogP contribution in [0.5, 0.6) is 0 Å². The van der Waals surface area contributed by atoms with Gasteiger partial charge >= 0.3 is 0 Å². The van der Waals surface area contributed by atoms with Crippen molar-refractivity contribution < 1.29 is 13.2 Å². The maximum Gasteiger partial charge on any atom is 0.243 e. The predicted molar refractivity (Wildman–Crippen MR) is 110 cm³/mol. The summed E-state index contributed by atoms with van der Waals surface area (Å²) in [5.74, 6) is -0.0218. The Morgan fingerprint density at radius 3 is 2.50 bits per heavy atom. The summed E-state index contributed by atoms with van der Waals surface area (Å²) in [6, 6.07) is 12.6. The Hall–Kier alpha value is -2.09. The Balaban J connectivity index is 1.50. The standard InChI is InChI=1S/C20H22ClN3O3S/c21-16-4-2-5-17(14-16)23-9-11-24(12-10-23)28(26,27)18-7-8-19-15(13-18)3-1-6-20(25)22-19/h2,4-5,7-8,13-14H,1,3,6,9-12H2,(H,22,25). The number of carbonyl (C=O) groups is 1. The lowest BCUT2D eigenvalue weighted by Crippen LogP contribution is -2.48. The van der Waals surface area contributed by atoms with Crippen LogP contribution in [-0.2, 0) is 21.2 Å². The SMILES string of the molecule is O=C1CCCc2cc(S(=O)(=O)N3CCN(c4cccc(Cl)c4)CC3)ccc2N1. The number of nitrogens with one attached hydrogen (secondary N) is 1. The van der Waals surface area contributed by atoms with Crippen molar-refractivity contribution >= 4 is 38.9 Å². The van der Waals surface area contributed by atoms with Crippen LogP contribution in [0, 0.1) is 0 Å². The summed E-state index contributed by atoms with van der Waals surface area (Å²) in [6.45, 7) is 2.06. The van der Waals surface area contributed by atoms with E-state index in [9.17, 15) is 13.2 Å². The lowest BCUT2D eigenvalue weighted by molar-refractivity contribution is -0.116. The number of benzene rings is 2. The second-order valence-corrected chi connectivity index (χ2v) is 9.47. The number of nitrogens with zero attached hydrogens (tertiary/aromatic N) is 2. The molecular formula is C20H22ClN3O3S. The Bertz CT molecular complexity index is 1000. The first kappa shape index (κ1) is 19.2. The number of rotatable bonds is 3. The predicted octanol–water partition coefficient (Wildman–Crippen LogP) is 3.13. The summed E-state index contributed by atoms with van der Waals surface area (Å²) in [5.41, 5.74) is 2.60. The van der Waals surface area contributed by atoms with Crippen LogP contribution in [0.3, 0.4) is 0 Å². The van der Waals surface area contributed by atoms with Crippen molar-refractivity contribution in [2.45, 2.75) is 24.2 Å². The van der Waals surface area contributed by atoms with E-state index in [0.29, 0.717) is 54.6 Å². The summed E-state index contributed by atoms with van der Waals surface area (Å²) in [4.78, 5) is 14.1. The fourth-order valence-corrected chi connectivity index (χ4v) is 5.38. The van der Waals surface area contributed by atoms with Crippen molar-refractivity contribution in [2.24, 2.45) is 0 Å². The molecule has 1 saturated heterocycles. The molecule has 4 rings (SSSR count). The largest absolute Gasteiger partial charge is 0.369 e. The van der Waals surface area contributed by atoms with E-state index in [1.165, 1.54) is 4.31 Å². The molecule has 28 heavy (non-hydrogen) atoms. The summed E-state index contributed by atoms with van der Waals surface area (Å²) < 4.78 is 27.8. The average molecular weight is 420 g/mol. The molecule has 0 atom stereocenters. The fourth-order valence-electron chi connectivity index (χ4n) is 3.72. The van der Waals surface area contributed by atoms with Gasteiger partial charge in [-0.15, -0.1) is 0 Å². The van der Waals surface area contributed by atoms with Crippen LogP contribution in [-0.4, -0.2) is 44.8 Å². The second-order valence-electron chi connectivity index (χ2n) is 7.09. The molecule has 2 aliphatic heterocycles. The number of carbonyl (C=O) groups excluding carboxylic acids is 1. The molecular weight excluding hydrogens is 398 g/mol. The number of halogens is 1. The van der Waals surface area contributed by atoms with Crippen LogP contribution in [0.2, 0.25) is 5.02 Å². The topological polar surface area (TPSA) is 69.7 Å². The molecule has 148 valence electrons. The smallest absolute Gasteiger partial charge is 0.243 e. The summed E-state index contributed by atoms with van der Waals surface area (Å²) >= 11 is 6.06. The molecule has 2 aromatic carbocycles. The molecule has 1 N–H and O–H groups in total. The summed E-state index contributed by atoms with van der Waals surface area (Å²) in [5, 5.41) is 3.52. The minimum Gasteiger partial charge on any atom is -0.369 e. The minimum atomic E-state index is -3.57. The van der Waals surface area contributed by atoms with E-state index in [2.05, 4.69) is 10.2 Å². The van der Waals surface area contributed by atoms with Crippen molar-refractivity contribution in [3.63, 3.8) is 0 Å². The molecule has 1 fully saturated rings. The molecule has 0 spiro atoms. The van der Waals surface area contributed by atoms with Crippen LogP contribution in [0.15, 0.2) is 47.4 Å². The van der Waals surface area contributed by atoms with E-state index in [1.54, 1.807) is 18.2 Å². The summed E-state index contributed by atoms with van der Waals surface area (Å²) in [7, 11) is -3.57. The molecule has 6 nitrogen and oxygen atoms in total. The monoisotopic (exact) mass is 419 g/mol. The maximum absolute atomic E-state index is 13.1. The number of fused-ring (bicyclic) bond motifs is 1. The number of hydrogen-bond donors (Lipinski definition) is 1. The van der Waals surface area contributed by atoms with E-state index >= 15 is 0 Å². The zero-order valence-corrected chi connectivity index (χ0v) is 17.0. The van der Waals surface area contributed by atoms with E-state index < -0.39 is 10.0 Å². The minimum absolute atomic E-state index is 0.0218. The van der Waals surface area contributed by atoms with Gasteiger partial charge in [-0.05, 0) is 54.8 Å². The highest BCUT2D eigenvalue weighted by molar-refractivity contribution is 7.89. The molecule has 0 bridgehead atoms. The Kier molecular flexibility index (Phi) is 5.31. The number of sulfonamides is 1. The van der Waals surface area contributed by atoms with Gasteiger partial charge < -0.3 is 10.2 Å². The van der Waals surface area contributed by atoms with Gasteiger partial charge in [-0.3, -0.25) is 4.79 Å². The molecule has 2 aliphatic rings. The third-order valence-corrected chi connectivity index (χ3v) is 7.38. The van der Waals surface area contributed by atoms with E-state index in [4.69, 9.17) is 11.6 Å². The van der Waals surface area contributed by atoms with Crippen LogP contribution in [0.25, 0.3) is 0 Å². The van der Waals surface area contributed by atoms with Crippen molar-refractivity contribution in [2.75, 3.05) is 36.4 Å². The van der Waals surface area contributed by atoms with Crippen molar-refractivity contribution in [3.8, 4) is 0 Å². The second kappa shape index (κ2) is 7.73. The van der Waals surface area contributed by atoms with Gasteiger partial charge in [0.25, 0.3) is 0 Å². The third kappa shape index (κ3) is 3.87. The van der Waals surface area contributed by atoms with Crippen LogP contribution in [0.1, 0.15) is 18.4 Å². The molecule has 2 aromatic rings.